The number of quaternary nitrogens is 1. The van der Waals surface area contributed by atoms with E-state index in [1.165, 1.54) is 0 Å². The predicted octanol–water partition coefficient (Wildman–Crippen LogP) is -2.56. The molecule has 1 unspecified atom stereocenters. The zero-order valence-electron chi connectivity index (χ0n) is 12.0. The highest BCUT2D eigenvalue weighted by Gasteiger charge is 2.55. The van der Waals surface area contributed by atoms with Gasteiger partial charge in [-0.3, -0.25) is 9.59 Å². The van der Waals surface area contributed by atoms with Gasteiger partial charge >= 0.3 is 12.0 Å². The lowest BCUT2D eigenvalue weighted by molar-refractivity contribution is -0.808. The number of hydrogen-bond donors (Lipinski definition) is 4. The topological polar surface area (TPSA) is 165 Å². The molecule has 2 aliphatic rings. The second-order valence-electron chi connectivity index (χ2n) is 5.10. The highest BCUT2D eigenvalue weighted by molar-refractivity contribution is 6.06. The third-order valence-electron chi connectivity index (χ3n) is 3.63. The third-order valence-corrected chi connectivity index (χ3v) is 3.63. The molecule has 0 aromatic rings. The lowest BCUT2D eigenvalue weighted by Gasteiger charge is -2.42. The van der Waals surface area contributed by atoms with E-state index in [9.17, 15) is 29.8 Å². The van der Waals surface area contributed by atoms with Crippen molar-refractivity contribution in [3.63, 3.8) is 0 Å². The van der Waals surface area contributed by atoms with Crippen LogP contribution in [-0.2, 0) is 19.1 Å². The minimum atomic E-state index is -1.97. The Morgan fingerprint density at radius 3 is 2.61 bits per heavy atom. The molecule has 128 valence electrons. The van der Waals surface area contributed by atoms with E-state index in [1.807, 2.05) is 0 Å². The molecular formula is C12H16N2O9. The van der Waals surface area contributed by atoms with Crippen molar-refractivity contribution in [3.05, 3.63) is 17.0 Å². The number of carbonyl (C=O) groups excluding carboxylic acids is 3. The summed E-state index contributed by atoms with van der Waals surface area (Å²) in [6.45, 7) is -0.686. The smallest absolute Gasteiger partial charge is 0.430 e. The Labute approximate surface area is 129 Å². The molecule has 11 heteroatoms. The van der Waals surface area contributed by atoms with Crippen LogP contribution in [0.2, 0.25) is 0 Å². The molecule has 2 rings (SSSR count). The van der Waals surface area contributed by atoms with Crippen molar-refractivity contribution >= 4 is 17.9 Å². The van der Waals surface area contributed by atoms with Gasteiger partial charge in [-0.15, -0.1) is 0 Å². The zero-order valence-corrected chi connectivity index (χ0v) is 12.0. The fourth-order valence-electron chi connectivity index (χ4n) is 2.35. The third kappa shape index (κ3) is 2.97. The van der Waals surface area contributed by atoms with Crippen molar-refractivity contribution in [1.29, 1.82) is 0 Å². The number of aliphatic hydroxyl groups excluding tert-OH is 3. The average molecular weight is 332 g/mol. The van der Waals surface area contributed by atoms with E-state index in [4.69, 9.17) is 9.84 Å². The van der Waals surface area contributed by atoms with E-state index < -0.39 is 60.1 Å². The normalized spacial score (nSPS) is 37.3. The van der Waals surface area contributed by atoms with Crippen molar-refractivity contribution in [2.75, 3.05) is 13.7 Å². The molecule has 0 aliphatic carbocycles. The van der Waals surface area contributed by atoms with Crippen LogP contribution >= 0.6 is 0 Å². The molecular weight excluding hydrogens is 316 g/mol. The molecule has 23 heavy (non-hydrogen) atoms. The number of esters is 1. The van der Waals surface area contributed by atoms with Crippen LogP contribution in [0.1, 0.15) is 6.42 Å². The van der Waals surface area contributed by atoms with Gasteiger partial charge in [0.1, 0.15) is 18.4 Å². The molecule has 11 nitrogen and oxygen atoms in total. The standard InChI is InChI=1S/C12H16N2O9/c1-22-7(16)2-5-3-14(21,12(20)13-10(5)19)11-9(18)8(17)6(4-15)23-11/h3,6,8-9,11,15,17-18H,2,4H2,1H3,(H,13,19,20)/t6-,8-,9-,11-,14?/m1/s1. The highest BCUT2D eigenvalue weighted by atomic mass is 16.7. The maximum atomic E-state index is 12.8. The fraction of sp³-hybridized carbons (Fsp3) is 0.583. The van der Waals surface area contributed by atoms with Gasteiger partial charge < -0.3 is 30.0 Å². The molecule has 4 N–H and O–H groups in total. The Bertz CT molecular complexity index is 563. The summed E-state index contributed by atoms with van der Waals surface area (Å²) in [5.74, 6) is -1.76. The van der Waals surface area contributed by atoms with Crippen molar-refractivity contribution in [2.45, 2.75) is 31.0 Å². The summed E-state index contributed by atoms with van der Waals surface area (Å²) < 4.78 is 7.46. The molecule has 1 fully saturated rings. The molecule has 0 radical (unpaired) electrons. The van der Waals surface area contributed by atoms with Gasteiger partial charge in [0.2, 0.25) is 6.23 Å². The molecule has 1 saturated heterocycles. The van der Waals surface area contributed by atoms with E-state index in [2.05, 4.69) is 4.74 Å². The molecule has 0 aromatic heterocycles. The van der Waals surface area contributed by atoms with Crippen molar-refractivity contribution in [2.24, 2.45) is 0 Å². The summed E-state index contributed by atoms with van der Waals surface area (Å²) in [6, 6.07) is -1.35. The number of carbonyl (C=O) groups is 3. The quantitative estimate of drug-likeness (QED) is 0.246. The average Bonchev–Trinajstić information content (AvgIpc) is 2.80. The number of nitrogens with one attached hydrogen (secondary N) is 1. The second kappa shape index (κ2) is 6.31. The summed E-state index contributed by atoms with van der Waals surface area (Å²) >= 11 is 0. The first kappa shape index (κ1) is 17.5. The molecule has 0 bridgehead atoms. The summed E-state index contributed by atoms with van der Waals surface area (Å²) in [5, 5.41) is 43.1. The van der Waals surface area contributed by atoms with Crippen LogP contribution in [0.4, 0.5) is 4.79 Å². The summed E-state index contributed by atoms with van der Waals surface area (Å²) in [6.07, 6.45) is -6.37. The van der Waals surface area contributed by atoms with E-state index in [0.29, 0.717) is 6.20 Å². The molecule has 2 aliphatic heterocycles. The van der Waals surface area contributed by atoms with Gasteiger partial charge in [0, 0.05) is 0 Å². The molecule has 2 heterocycles. The van der Waals surface area contributed by atoms with Crippen LogP contribution in [0.15, 0.2) is 11.8 Å². The Balaban J connectivity index is 2.35. The van der Waals surface area contributed by atoms with Crippen LogP contribution < -0.4 is 5.32 Å². The summed E-state index contributed by atoms with van der Waals surface area (Å²) in [4.78, 5) is 34.8. The Morgan fingerprint density at radius 1 is 1.43 bits per heavy atom. The van der Waals surface area contributed by atoms with Crippen LogP contribution in [0.5, 0.6) is 0 Å². The molecule has 0 spiro atoms. The van der Waals surface area contributed by atoms with Gasteiger partial charge in [-0.1, -0.05) is 0 Å². The Kier molecular flexibility index (Phi) is 4.79. The maximum Gasteiger partial charge on any atom is 0.430 e. The number of amides is 3. The fourth-order valence-corrected chi connectivity index (χ4v) is 2.35. The lowest BCUT2D eigenvalue weighted by atomic mass is 10.1. The number of imide groups is 1. The monoisotopic (exact) mass is 332 g/mol. The molecule has 0 saturated carbocycles. The van der Waals surface area contributed by atoms with Gasteiger partial charge in [0.05, 0.1) is 25.7 Å². The largest absolute Gasteiger partial charge is 0.617 e. The Morgan fingerprint density at radius 2 is 2.09 bits per heavy atom. The highest BCUT2D eigenvalue weighted by Crippen LogP contribution is 2.32. The van der Waals surface area contributed by atoms with Gasteiger partial charge in [0.25, 0.3) is 5.91 Å². The van der Waals surface area contributed by atoms with E-state index in [1.54, 1.807) is 5.32 Å². The van der Waals surface area contributed by atoms with Crippen molar-refractivity contribution in [1.82, 2.24) is 5.32 Å². The number of urea groups is 1. The number of aliphatic hydroxyl groups is 3. The van der Waals surface area contributed by atoms with Gasteiger partial charge in [-0.2, -0.15) is 0 Å². The Hall–Kier alpha value is -1.89. The molecule has 0 aromatic carbocycles. The number of ether oxygens (including phenoxy) is 2. The lowest BCUT2D eigenvalue weighted by Crippen LogP contribution is -2.63. The van der Waals surface area contributed by atoms with Crippen LogP contribution in [0.25, 0.3) is 0 Å². The van der Waals surface area contributed by atoms with Crippen molar-refractivity contribution < 1.29 is 43.8 Å². The SMILES string of the molecule is COC(=O)CC1=C[N+]([O-])([C@@H]2O[C@H](CO)[C@@H](O)[C@H]2O)C(=O)NC1=O. The zero-order chi connectivity index (χ0) is 17.4. The first-order valence-electron chi connectivity index (χ1n) is 6.61. The van der Waals surface area contributed by atoms with E-state index in [0.717, 1.165) is 7.11 Å². The number of hydrogen-bond acceptors (Lipinski definition) is 9. The van der Waals surface area contributed by atoms with Gasteiger partial charge in [0.15, 0.2) is 6.10 Å². The van der Waals surface area contributed by atoms with E-state index >= 15 is 0 Å². The van der Waals surface area contributed by atoms with Crippen LogP contribution in [0.3, 0.4) is 0 Å². The first-order chi connectivity index (χ1) is 10.7. The number of nitrogens with zero attached hydrogens (tertiary/aromatic N) is 1. The van der Waals surface area contributed by atoms with E-state index in [-0.39, 0.29) is 5.57 Å². The maximum absolute atomic E-state index is 12.8. The summed E-state index contributed by atoms with van der Waals surface area (Å²) in [5.41, 5.74) is -0.343. The van der Waals surface area contributed by atoms with Crippen LogP contribution in [-0.4, -0.2) is 76.1 Å². The van der Waals surface area contributed by atoms with Gasteiger partial charge in [-0.05, 0) is 0 Å². The number of hydroxylamine groups is 3. The number of methoxy groups -OCH3 is 1. The summed E-state index contributed by atoms with van der Waals surface area (Å²) in [7, 11) is 1.08. The minimum absolute atomic E-state index is 0.343. The molecule has 3 amide bonds. The molecule has 5 atom stereocenters. The van der Waals surface area contributed by atoms with Crippen molar-refractivity contribution in [3.8, 4) is 0 Å². The minimum Gasteiger partial charge on any atom is -0.617 e. The van der Waals surface area contributed by atoms with Crippen LogP contribution in [0, 0.1) is 5.21 Å². The number of rotatable bonds is 4. The predicted molar refractivity (Wildman–Crippen MR) is 69.6 cm³/mol. The first-order valence-corrected chi connectivity index (χ1v) is 6.61. The van der Waals surface area contributed by atoms with Gasteiger partial charge in [-0.25, -0.2) is 14.8 Å². The second-order valence-corrected chi connectivity index (χ2v) is 5.10.